The number of nitrogens with one attached hydrogen (secondary N) is 2. The molecule has 0 amide bonds. The van der Waals surface area contributed by atoms with Crippen LogP contribution < -0.4 is 15.7 Å². The molecule has 2 aromatic carbocycles. The Bertz CT molecular complexity index is 1440. The molecule has 0 aliphatic heterocycles. The minimum atomic E-state index is -1.91. The number of fused-ring (bicyclic) bond motifs is 1. The molecule has 0 bridgehead atoms. The molecule has 4 aromatic rings. The van der Waals surface area contributed by atoms with Crippen molar-refractivity contribution in [3.8, 4) is 11.1 Å². The Morgan fingerprint density at radius 2 is 2.00 bits per heavy atom. The van der Waals surface area contributed by atoms with E-state index in [1.54, 1.807) is 6.07 Å². The largest absolute Gasteiger partial charge is 0.595 e. The maximum Gasteiger partial charge on any atom is 0.183 e. The van der Waals surface area contributed by atoms with E-state index in [1.165, 1.54) is 36.7 Å². The molecule has 5 N–H and O–H groups in total. The summed E-state index contributed by atoms with van der Waals surface area (Å²) in [4.78, 5) is 8.73. The van der Waals surface area contributed by atoms with Crippen LogP contribution in [-0.4, -0.2) is 24.0 Å². The number of aromatic nitrogens is 3. The third kappa shape index (κ3) is 4.48. The standard InChI is InChI=1S/C23H22ClFN6O3S/c24-17-7-6-15(10-20(17)31(32)33)35(34)29-19-8-5-13(9-18(19)25)16-11-30(14-3-1-2-4-14)23-21(16)22(26)27-12-28-23/h5-12,14,29,31-32H,1-4H2,(H2,26,27,28). The van der Waals surface area contributed by atoms with Gasteiger partial charge in [-0.3, -0.25) is 4.72 Å². The van der Waals surface area contributed by atoms with Crippen LogP contribution in [0.4, 0.5) is 21.6 Å². The second-order valence-electron chi connectivity index (χ2n) is 8.36. The first-order chi connectivity index (χ1) is 16.8. The molecule has 0 saturated heterocycles. The van der Waals surface area contributed by atoms with Crippen molar-refractivity contribution in [2.75, 3.05) is 10.5 Å². The van der Waals surface area contributed by atoms with Crippen LogP contribution in [0.1, 0.15) is 31.7 Å². The highest BCUT2D eigenvalue weighted by molar-refractivity contribution is 7.86. The van der Waals surface area contributed by atoms with Gasteiger partial charge in [-0.2, -0.15) is 5.23 Å². The SMILES string of the molecule is Nc1ncnc2c1c(-c1ccc(NS(=O)c3ccc(Cl)c([NH+]([O-])O)c3)c(F)c1)cn2C1CCCC1. The fourth-order valence-electron chi connectivity index (χ4n) is 4.50. The molecule has 1 saturated carbocycles. The number of hydrogen-bond acceptors (Lipinski definition) is 6. The molecule has 1 aliphatic rings. The molecule has 0 spiro atoms. The van der Waals surface area contributed by atoms with Gasteiger partial charge in [0, 0.05) is 23.9 Å². The summed E-state index contributed by atoms with van der Waals surface area (Å²) in [6, 6.07) is 8.79. The first kappa shape index (κ1) is 23.6. The Labute approximate surface area is 207 Å². The van der Waals surface area contributed by atoms with E-state index in [1.807, 2.05) is 6.20 Å². The highest BCUT2D eigenvalue weighted by Gasteiger charge is 2.23. The Kier molecular flexibility index (Phi) is 6.43. The lowest BCUT2D eigenvalue weighted by atomic mass is 10.1. The number of rotatable bonds is 6. The van der Waals surface area contributed by atoms with Crippen LogP contribution in [0.15, 0.2) is 53.8 Å². The normalized spacial score (nSPS) is 16.0. The lowest BCUT2D eigenvalue weighted by Gasteiger charge is -2.14. The number of hydrogen-bond donors (Lipinski definition) is 4. The smallest absolute Gasteiger partial charge is 0.183 e. The molecule has 182 valence electrons. The Morgan fingerprint density at radius 1 is 1.23 bits per heavy atom. The van der Waals surface area contributed by atoms with Crippen LogP contribution in [0.25, 0.3) is 22.2 Å². The molecule has 0 radical (unpaired) electrons. The van der Waals surface area contributed by atoms with Gasteiger partial charge in [0.25, 0.3) is 0 Å². The number of nitrogen functional groups attached to an aromatic ring is 1. The van der Waals surface area contributed by atoms with E-state index in [9.17, 15) is 14.6 Å². The fourth-order valence-corrected chi connectivity index (χ4v) is 5.59. The minimum Gasteiger partial charge on any atom is -0.595 e. The van der Waals surface area contributed by atoms with Gasteiger partial charge in [0.2, 0.25) is 0 Å². The predicted molar refractivity (Wildman–Crippen MR) is 132 cm³/mol. The quantitative estimate of drug-likeness (QED) is 0.285. The molecule has 1 aliphatic carbocycles. The van der Waals surface area contributed by atoms with Gasteiger partial charge in [0.05, 0.1) is 16.0 Å². The van der Waals surface area contributed by atoms with Gasteiger partial charge in [0.1, 0.15) is 28.6 Å². The molecule has 2 aromatic heterocycles. The second-order valence-corrected chi connectivity index (χ2v) is 9.98. The van der Waals surface area contributed by atoms with Crippen molar-refractivity contribution in [2.24, 2.45) is 0 Å². The zero-order valence-electron chi connectivity index (χ0n) is 18.4. The van der Waals surface area contributed by atoms with Gasteiger partial charge in [-0.05, 0) is 42.7 Å². The van der Waals surface area contributed by atoms with Crippen molar-refractivity contribution < 1.29 is 19.0 Å². The molecule has 2 atom stereocenters. The molecule has 12 heteroatoms. The van der Waals surface area contributed by atoms with Crippen molar-refractivity contribution in [3.63, 3.8) is 0 Å². The summed E-state index contributed by atoms with van der Waals surface area (Å²) < 4.78 is 32.6. The molecule has 2 heterocycles. The summed E-state index contributed by atoms with van der Waals surface area (Å²) >= 11 is 5.87. The summed E-state index contributed by atoms with van der Waals surface area (Å²) in [5, 5.41) is 20.0. The molecule has 9 nitrogen and oxygen atoms in total. The van der Waals surface area contributed by atoms with Gasteiger partial charge >= 0.3 is 0 Å². The van der Waals surface area contributed by atoms with E-state index < -0.39 is 22.0 Å². The van der Waals surface area contributed by atoms with Crippen LogP contribution in [0.3, 0.4) is 0 Å². The van der Waals surface area contributed by atoms with Gasteiger partial charge in [0.15, 0.2) is 16.7 Å². The third-order valence-electron chi connectivity index (χ3n) is 6.22. The maximum atomic E-state index is 15.1. The highest BCUT2D eigenvalue weighted by Crippen LogP contribution is 2.39. The second kappa shape index (κ2) is 9.51. The number of quaternary nitrogens is 1. The van der Waals surface area contributed by atoms with Crippen molar-refractivity contribution >= 4 is 50.8 Å². The van der Waals surface area contributed by atoms with E-state index in [2.05, 4.69) is 19.3 Å². The summed E-state index contributed by atoms with van der Waals surface area (Å²) in [6.45, 7) is 0. The summed E-state index contributed by atoms with van der Waals surface area (Å²) in [7, 11) is -1.91. The lowest BCUT2D eigenvalue weighted by Crippen LogP contribution is -2.99. The molecular formula is C23H22ClFN6O3S. The molecule has 5 rings (SSSR count). The molecule has 2 unspecified atom stereocenters. The average Bonchev–Trinajstić information content (AvgIpc) is 3.49. The number of anilines is 2. The van der Waals surface area contributed by atoms with Crippen molar-refractivity contribution in [1.29, 1.82) is 0 Å². The molecule has 35 heavy (non-hydrogen) atoms. The van der Waals surface area contributed by atoms with E-state index >= 15 is 4.39 Å². The highest BCUT2D eigenvalue weighted by atomic mass is 35.5. The van der Waals surface area contributed by atoms with Crippen LogP contribution in [0, 0.1) is 11.0 Å². The third-order valence-corrected chi connectivity index (χ3v) is 7.64. The van der Waals surface area contributed by atoms with Gasteiger partial charge in [-0.15, -0.1) is 0 Å². The average molecular weight is 517 g/mol. The Balaban J connectivity index is 1.47. The number of nitrogens with zero attached hydrogens (tertiary/aromatic N) is 3. The van der Waals surface area contributed by atoms with Crippen LogP contribution in [0.2, 0.25) is 5.02 Å². The predicted octanol–water partition coefficient (Wildman–Crippen LogP) is 4.13. The Morgan fingerprint density at radius 3 is 2.71 bits per heavy atom. The zero-order valence-corrected chi connectivity index (χ0v) is 19.9. The van der Waals surface area contributed by atoms with E-state index in [0.717, 1.165) is 36.9 Å². The van der Waals surface area contributed by atoms with Gasteiger partial charge in [-0.1, -0.05) is 30.5 Å². The summed E-state index contributed by atoms with van der Waals surface area (Å²) in [6.07, 6.45) is 7.77. The van der Waals surface area contributed by atoms with E-state index in [-0.39, 0.29) is 21.3 Å². The summed E-state index contributed by atoms with van der Waals surface area (Å²) in [5.41, 5.74) is 8.03. The van der Waals surface area contributed by atoms with E-state index in [4.69, 9.17) is 17.3 Å². The first-order valence-electron chi connectivity index (χ1n) is 11.0. The van der Waals surface area contributed by atoms with Gasteiger partial charge < -0.3 is 15.5 Å². The zero-order chi connectivity index (χ0) is 24.7. The van der Waals surface area contributed by atoms with Crippen LogP contribution in [-0.2, 0) is 11.0 Å². The lowest BCUT2D eigenvalue weighted by molar-refractivity contribution is -0.991. The Hall–Kier alpha value is -3.09. The minimum absolute atomic E-state index is 0.00246. The fraction of sp³-hybridized carbons (Fsp3) is 0.217. The number of nitrogens with two attached hydrogens (primary N) is 1. The van der Waals surface area contributed by atoms with Crippen molar-refractivity contribution in [3.05, 3.63) is 65.0 Å². The maximum absolute atomic E-state index is 15.1. The topological polar surface area (TPSA) is 134 Å². The van der Waals surface area contributed by atoms with Crippen molar-refractivity contribution in [2.45, 2.75) is 36.6 Å². The van der Waals surface area contributed by atoms with Crippen LogP contribution in [0.5, 0.6) is 0 Å². The summed E-state index contributed by atoms with van der Waals surface area (Å²) in [5.74, 6) is -0.303. The monoisotopic (exact) mass is 516 g/mol. The number of halogens is 2. The molecule has 1 fully saturated rings. The van der Waals surface area contributed by atoms with Crippen molar-refractivity contribution in [1.82, 2.24) is 14.5 Å². The van der Waals surface area contributed by atoms with Crippen LogP contribution >= 0.6 is 11.6 Å². The van der Waals surface area contributed by atoms with E-state index in [0.29, 0.717) is 22.8 Å². The first-order valence-corrected chi connectivity index (χ1v) is 12.5. The number of benzene rings is 2. The van der Waals surface area contributed by atoms with Gasteiger partial charge in [-0.25, -0.2) is 23.8 Å². The molecular weight excluding hydrogens is 495 g/mol.